The van der Waals surface area contributed by atoms with Crippen molar-refractivity contribution in [1.82, 2.24) is 19.7 Å². The van der Waals surface area contributed by atoms with Gasteiger partial charge in [-0.25, -0.2) is 0 Å². The average molecular weight is 360 g/mol. The van der Waals surface area contributed by atoms with Crippen LogP contribution >= 0.6 is 11.8 Å². The van der Waals surface area contributed by atoms with Gasteiger partial charge in [0.05, 0.1) is 18.0 Å². The molecular formula is C18H24N4O2S. The van der Waals surface area contributed by atoms with Crippen LogP contribution in [-0.4, -0.2) is 56.6 Å². The first-order chi connectivity index (χ1) is 11.9. The third-order valence-corrected chi connectivity index (χ3v) is 5.10. The van der Waals surface area contributed by atoms with Gasteiger partial charge in [-0.3, -0.25) is 9.36 Å². The lowest BCUT2D eigenvalue weighted by Gasteiger charge is -2.35. The van der Waals surface area contributed by atoms with E-state index in [1.165, 1.54) is 17.3 Å². The normalized spacial score (nSPS) is 20.7. The van der Waals surface area contributed by atoms with Gasteiger partial charge >= 0.3 is 0 Å². The number of carbonyl (C=O) groups is 1. The first kappa shape index (κ1) is 17.9. The smallest absolute Gasteiger partial charge is 0.233 e. The molecule has 2 aromatic rings. The van der Waals surface area contributed by atoms with Crippen LogP contribution in [0, 0.1) is 13.8 Å². The fraction of sp³-hybridized carbons (Fsp3) is 0.500. The highest BCUT2D eigenvalue weighted by Crippen LogP contribution is 2.23. The number of aromatic nitrogens is 3. The minimum atomic E-state index is 0.0798. The molecule has 6 nitrogen and oxygen atoms in total. The lowest BCUT2D eigenvalue weighted by atomic mass is 10.2. The molecule has 0 bridgehead atoms. The summed E-state index contributed by atoms with van der Waals surface area (Å²) < 4.78 is 7.68. The van der Waals surface area contributed by atoms with Crippen molar-refractivity contribution in [3.05, 3.63) is 35.7 Å². The quantitative estimate of drug-likeness (QED) is 0.785. The number of amides is 1. The third kappa shape index (κ3) is 4.22. The number of benzene rings is 1. The minimum absolute atomic E-state index is 0.0798. The van der Waals surface area contributed by atoms with Crippen LogP contribution in [0.1, 0.15) is 25.2 Å². The van der Waals surface area contributed by atoms with Crippen molar-refractivity contribution < 1.29 is 9.53 Å². The number of carbonyl (C=O) groups excluding carboxylic acids is 1. The van der Waals surface area contributed by atoms with E-state index in [0.29, 0.717) is 18.8 Å². The summed E-state index contributed by atoms with van der Waals surface area (Å²) in [6.07, 6.45) is 0.160. The van der Waals surface area contributed by atoms with E-state index in [1.807, 2.05) is 42.4 Å². The van der Waals surface area contributed by atoms with E-state index in [4.69, 9.17) is 4.74 Å². The summed E-state index contributed by atoms with van der Waals surface area (Å²) in [7, 11) is 0. The standard InChI is InChI=1S/C18H24N4O2S/c1-12-5-7-16(8-6-12)22-15(4)19-20-18(22)25-11-17(23)21-9-13(2)24-14(3)10-21/h5-8,13-14H,9-11H2,1-4H3/t13-,14-/m0/s1. The third-order valence-electron chi connectivity index (χ3n) is 4.18. The molecule has 1 amide bonds. The van der Waals surface area contributed by atoms with Crippen molar-refractivity contribution in [2.24, 2.45) is 0 Å². The zero-order chi connectivity index (χ0) is 18.0. The molecule has 2 heterocycles. The molecule has 0 unspecified atom stereocenters. The molecule has 1 saturated heterocycles. The van der Waals surface area contributed by atoms with Crippen molar-refractivity contribution in [3.8, 4) is 5.69 Å². The lowest BCUT2D eigenvalue weighted by Crippen LogP contribution is -2.48. The molecule has 7 heteroatoms. The van der Waals surface area contributed by atoms with Gasteiger partial charge in [0.25, 0.3) is 0 Å². The number of nitrogens with zero attached hydrogens (tertiary/aromatic N) is 4. The Morgan fingerprint density at radius 1 is 1.16 bits per heavy atom. The maximum Gasteiger partial charge on any atom is 0.233 e. The van der Waals surface area contributed by atoms with Gasteiger partial charge in [-0.2, -0.15) is 0 Å². The average Bonchev–Trinajstić information content (AvgIpc) is 2.93. The summed E-state index contributed by atoms with van der Waals surface area (Å²) in [5.74, 6) is 1.28. The lowest BCUT2D eigenvalue weighted by molar-refractivity contribution is -0.140. The van der Waals surface area contributed by atoms with Gasteiger partial charge in [-0.05, 0) is 39.8 Å². The zero-order valence-corrected chi connectivity index (χ0v) is 15.9. The largest absolute Gasteiger partial charge is 0.372 e. The molecule has 1 aromatic carbocycles. The van der Waals surface area contributed by atoms with Crippen LogP contribution in [0.5, 0.6) is 0 Å². The summed E-state index contributed by atoms with van der Waals surface area (Å²) in [4.78, 5) is 14.4. The molecule has 0 radical (unpaired) electrons. The Balaban J connectivity index is 1.70. The van der Waals surface area contributed by atoms with Gasteiger partial charge in [0.1, 0.15) is 5.82 Å². The number of hydrogen-bond acceptors (Lipinski definition) is 5. The fourth-order valence-corrected chi connectivity index (χ4v) is 3.93. The summed E-state index contributed by atoms with van der Waals surface area (Å²) in [6, 6.07) is 8.21. The monoisotopic (exact) mass is 360 g/mol. The number of rotatable bonds is 4. The van der Waals surface area contributed by atoms with Crippen molar-refractivity contribution >= 4 is 17.7 Å². The van der Waals surface area contributed by atoms with Gasteiger partial charge in [-0.15, -0.1) is 10.2 Å². The van der Waals surface area contributed by atoms with Gasteiger partial charge in [0.2, 0.25) is 5.91 Å². The molecule has 1 aromatic heterocycles. The number of hydrogen-bond donors (Lipinski definition) is 0. The summed E-state index contributed by atoms with van der Waals surface area (Å²) in [6.45, 7) is 9.27. The highest BCUT2D eigenvalue weighted by Gasteiger charge is 2.26. The number of morpholine rings is 1. The van der Waals surface area contributed by atoms with Crippen molar-refractivity contribution in [2.45, 2.75) is 45.1 Å². The van der Waals surface area contributed by atoms with Crippen LogP contribution in [0.25, 0.3) is 5.69 Å². The van der Waals surface area contributed by atoms with E-state index in [-0.39, 0.29) is 18.1 Å². The van der Waals surface area contributed by atoms with Gasteiger partial charge < -0.3 is 9.64 Å². The molecule has 0 saturated carbocycles. The first-order valence-corrected chi connectivity index (χ1v) is 9.47. The van der Waals surface area contributed by atoms with Crippen LogP contribution in [0.3, 0.4) is 0 Å². The predicted octanol–water partition coefficient (Wildman–Crippen LogP) is 2.61. The molecule has 0 N–H and O–H groups in total. The van der Waals surface area contributed by atoms with E-state index in [0.717, 1.165) is 16.7 Å². The Kier molecular flexibility index (Phi) is 5.44. The molecule has 3 rings (SSSR count). The molecule has 134 valence electrons. The van der Waals surface area contributed by atoms with Crippen LogP contribution in [0.2, 0.25) is 0 Å². The van der Waals surface area contributed by atoms with E-state index in [9.17, 15) is 4.79 Å². The van der Waals surface area contributed by atoms with E-state index < -0.39 is 0 Å². The molecular weight excluding hydrogens is 336 g/mol. The second kappa shape index (κ2) is 7.58. The fourth-order valence-electron chi connectivity index (χ4n) is 3.03. The second-order valence-electron chi connectivity index (χ2n) is 6.55. The summed E-state index contributed by atoms with van der Waals surface area (Å²) >= 11 is 1.43. The zero-order valence-electron chi connectivity index (χ0n) is 15.1. The van der Waals surface area contributed by atoms with Gasteiger partial charge in [-0.1, -0.05) is 29.5 Å². The maximum absolute atomic E-state index is 12.6. The maximum atomic E-state index is 12.6. The Labute approximate surface area is 152 Å². The molecule has 1 fully saturated rings. The molecule has 0 spiro atoms. The van der Waals surface area contributed by atoms with Gasteiger partial charge in [0, 0.05) is 18.8 Å². The molecule has 25 heavy (non-hydrogen) atoms. The molecule has 1 aliphatic rings. The number of ether oxygens (including phenoxy) is 1. The van der Waals surface area contributed by atoms with Gasteiger partial charge in [0.15, 0.2) is 5.16 Å². The van der Waals surface area contributed by atoms with E-state index >= 15 is 0 Å². The predicted molar refractivity (Wildman–Crippen MR) is 98.1 cm³/mol. The van der Waals surface area contributed by atoms with Crippen LogP contribution in [0.15, 0.2) is 29.4 Å². The number of thioether (sulfide) groups is 1. The van der Waals surface area contributed by atoms with E-state index in [1.54, 1.807) is 0 Å². The Morgan fingerprint density at radius 2 is 1.80 bits per heavy atom. The highest BCUT2D eigenvalue weighted by atomic mass is 32.2. The number of aryl methyl sites for hydroxylation is 2. The topological polar surface area (TPSA) is 60.2 Å². The first-order valence-electron chi connectivity index (χ1n) is 8.49. The Hall–Kier alpha value is -1.86. The van der Waals surface area contributed by atoms with Crippen LogP contribution < -0.4 is 0 Å². The summed E-state index contributed by atoms with van der Waals surface area (Å²) in [5.41, 5.74) is 2.21. The molecule has 2 atom stereocenters. The molecule has 1 aliphatic heterocycles. The van der Waals surface area contributed by atoms with Crippen molar-refractivity contribution in [3.63, 3.8) is 0 Å². The Bertz CT molecular complexity index is 734. The van der Waals surface area contributed by atoms with Crippen molar-refractivity contribution in [2.75, 3.05) is 18.8 Å². The van der Waals surface area contributed by atoms with Crippen molar-refractivity contribution in [1.29, 1.82) is 0 Å². The van der Waals surface area contributed by atoms with Crippen LogP contribution in [0.4, 0.5) is 0 Å². The second-order valence-corrected chi connectivity index (χ2v) is 7.49. The minimum Gasteiger partial charge on any atom is -0.372 e. The Morgan fingerprint density at radius 3 is 2.44 bits per heavy atom. The SMILES string of the molecule is Cc1ccc(-n2c(C)nnc2SCC(=O)N2C[C@H](C)O[C@@H](C)C2)cc1. The summed E-state index contributed by atoms with van der Waals surface area (Å²) in [5, 5.41) is 9.16. The molecule has 0 aliphatic carbocycles. The van der Waals surface area contributed by atoms with Crippen LogP contribution in [-0.2, 0) is 9.53 Å². The highest BCUT2D eigenvalue weighted by molar-refractivity contribution is 7.99. The van der Waals surface area contributed by atoms with E-state index in [2.05, 4.69) is 29.3 Å².